The fourth-order valence-electron chi connectivity index (χ4n) is 5.27. The molecule has 0 spiro atoms. The van der Waals surface area contributed by atoms with Crippen LogP contribution in [-0.4, -0.2) is 58.6 Å². The van der Waals surface area contributed by atoms with Gasteiger partial charge in [0, 0.05) is 55.7 Å². The van der Waals surface area contributed by atoms with Crippen LogP contribution in [0.3, 0.4) is 0 Å². The molecule has 1 aromatic heterocycles. The van der Waals surface area contributed by atoms with Crippen molar-refractivity contribution in [1.82, 2.24) is 10.2 Å². The molecule has 1 aliphatic heterocycles. The van der Waals surface area contributed by atoms with E-state index in [1.165, 1.54) is 62.6 Å². The summed E-state index contributed by atoms with van der Waals surface area (Å²) in [5.41, 5.74) is 2.36. The first-order chi connectivity index (χ1) is 19.5. The number of carbonyl (C=O) groups is 2. The molecular weight excluding hydrogens is 552 g/mol. The molecule has 2 heterocycles. The summed E-state index contributed by atoms with van der Waals surface area (Å²) >= 11 is 0. The van der Waals surface area contributed by atoms with Crippen molar-refractivity contribution in [3.63, 3.8) is 0 Å². The third kappa shape index (κ3) is 5.54. The van der Waals surface area contributed by atoms with Gasteiger partial charge in [0.2, 0.25) is 10.0 Å². The van der Waals surface area contributed by atoms with E-state index >= 15 is 0 Å². The molecule has 1 atom stereocenters. The molecule has 1 aliphatic rings. The highest BCUT2D eigenvalue weighted by Crippen LogP contribution is 2.42. The molecule has 0 bridgehead atoms. The number of benzene rings is 3. The van der Waals surface area contributed by atoms with Crippen molar-refractivity contribution in [1.29, 1.82) is 0 Å². The lowest BCUT2D eigenvalue weighted by Crippen LogP contribution is -2.39. The van der Waals surface area contributed by atoms with Gasteiger partial charge in [-0.25, -0.2) is 17.2 Å². The van der Waals surface area contributed by atoms with Crippen molar-refractivity contribution in [2.45, 2.75) is 18.8 Å². The quantitative estimate of drug-likeness (QED) is 0.340. The minimum atomic E-state index is -3.69. The average molecular weight is 582 g/mol. The normalized spacial score (nSPS) is 15.6. The monoisotopic (exact) mass is 581 g/mol. The summed E-state index contributed by atoms with van der Waals surface area (Å²) in [7, 11) is -0.762. The van der Waals surface area contributed by atoms with Crippen LogP contribution in [0.1, 0.15) is 45.0 Å². The number of hydrogen-bond acceptors (Lipinski definition) is 5. The Kier molecular flexibility index (Phi) is 7.56. The highest BCUT2D eigenvalue weighted by Gasteiger charge is 2.31. The van der Waals surface area contributed by atoms with Gasteiger partial charge in [-0.05, 0) is 73.0 Å². The second-order valence-corrected chi connectivity index (χ2v) is 12.1. The van der Waals surface area contributed by atoms with Gasteiger partial charge >= 0.3 is 0 Å². The number of sulfonamides is 1. The van der Waals surface area contributed by atoms with E-state index in [1.807, 2.05) is 0 Å². The number of rotatable bonds is 6. The van der Waals surface area contributed by atoms with Gasteiger partial charge in [-0.1, -0.05) is 0 Å². The molecule has 1 unspecified atom stereocenters. The van der Waals surface area contributed by atoms with E-state index in [9.17, 15) is 26.8 Å². The van der Waals surface area contributed by atoms with Crippen molar-refractivity contribution in [3.8, 4) is 11.3 Å². The summed E-state index contributed by atoms with van der Waals surface area (Å²) in [5.74, 6) is -1.59. The number of halogens is 2. The molecule has 1 saturated heterocycles. The molecule has 0 saturated carbocycles. The largest absolute Gasteiger partial charge is 0.455 e. The lowest BCUT2D eigenvalue weighted by molar-refractivity contribution is 0.0707. The SMILES string of the molecule is CNC(=O)c1c(-c2ccc(F)cc2)oc2cc(N(C)S(C)(=O)=O)c(C3CCCN(C(=O)c4ccc(F)cc4)C3)cc12. The third-order valence-electron chi connectivity index (χ3n) is 7.47. The van der Waals surface area contributed by atoms with Gasteiger partial charge in [-0.3, -0.25) is 13.9 Å². The van der Waals surface area contributed by atoms with Gasteiger partial charge in [0.15, 0.2) is 0 Å². The van der Waals surface area contributed by atoms with E-state index in [2.05, 4.69) is 5.32 Å². The van der Waals surface area contributed by atoms with E-state index in [0.29, 0.717) is 53.7 Å². The lowest BCUT2D eigenvalue weighted by Gasteiger charge is -2.35. The summed E-state index contributed by atoms with van der Waals surface area (Å²) < 4.78 is 59.7. The molecule has 0 radical (unpaired) electrons. The maximum absolute atomic E-state index is 13.6. The van der Waals surface area contributed by atoms with Crippen molar-refractivity contribution in [2.75, 3.05) is 37.7 Å². The molecule has 41 heavy (non-hydrogen) atoms. The number of likely N-dealkylation sites (tertiary alicyclic amines) is 1. The Morgan fingerprint density at radius 1 is 1.02 bits per heavy atom. The van der Waals surface area contributed by atoms with Crippen LogP contribution in [0.4, 0.5) is 14.5 Å². The number of carbonyl (C=O) groups excluding carboxylic acids is 2. The van der Waals surface area contributed by atoms with Gasteiger partial charge < -0.3 is 14.6 Å². The Labute approximate surface area is 236 Å². The predicted octanol–water partition coefficient (Wildman–Crippen LogP) is 5.15. The number of piperidine rings is 1. The van der Waals surface area contributed by atoms with E-state index < -0.39 is 27.6 Å². The fourth-order valence-corrected chi connectivity index (χ4v) is 5.79. The van der Waals surface area contributed by atoms with E-state index in [0.717, 1.165) is 10.6 Å². The summed E-state index contributed by atoms with van der Waals surface area (Å²) in [6.45, 7) is 0.792. The third-order valence-corrected chi connectivity index (χ3v) is 8.67. The van der Waals surface area contributed by atoms with E-state index in [-0.39, 0.29) is 28.7 Å². The van der Waals surface area contributed by atoms with Crippen LogP contribution >= 0.6 is 0 Å². The second kappa shape index (κ2) is 11.0. The van der Waals surface area contributed by atoms with Crippen molar-refractivity contribution in [3.05, 3.63) is 89.0 Å². The topological polar surface area (TPSA) is 99.9 Å². The van der Waals surface area contributed by atoms with Crippen LogP contribution in [0.25, 0.3) is 22.3 Å². The summed E-state index contributed by atoms with van der Waals surface area (Å²) in [4.78, 5) is 28.0. The minimum absolute atomic E-state index is 0.223. The minimum Gasteiger partial charge on any atom is -0.455 e. The molecule has 11 heteroatoms. The molecule has 2 amide bonds. The Bertz CT molecular complexity index is 1730. The molecule has 214 valence electrons. The first-order valence-electron chi connectivity index (χ1n) is 13.0. The molecule has 1 N–H and O–H groups in total. The van der Waals surface area contributed by atoms with Gasteiger partial charge in [0.1, 0.15) is 23.0 Å². The number of fused-ring (bicyclic) bond motifs is 1. The van der Waals surface area contributed by atoms with Gasteiger partial charge in [0.25, 0.3) is 11.8 Å². The zero-order valence-electron chi connectivity index (χ0n) is 22.8. The Balaban J connectivity index is 1.65. The zero-order valence-corrected chi connectivity index (χ0v) is 23.6. The zero-order chi connectivity index (χ0) is 29.5. The molecule has 8 nitrogen and oxygen atoms in total. The average Bonchev–Trinajstić information content (AvgIpc) is 3.34. The molecule has 4 aromatic rings. The number of furan rings is 1. The Hall–Kier alpha value is -4.25. The summed E-state index contributed by atoms with van der Waals surface area (Å²) in [5, 5.41) is 3.09. The number of amides is 2. The Morgan fingerprint density at radius 2 is 1.66 bits per heavy atom. The molecule has 0 aliphatic carbocycles. The highest BCUT2D eigenvalue weighted by atomic mass is 32.2. The summed E-state index contributed by atoms with van der Waals surface area (Å²) in [6.07, 6.45) is 2.42. The predicted molar refractivity (Wildman–Crippen MR) is 153 cm³/mol. The highest BCUT2D eigenvalue weighted by molar-refractivity contribution is 7.92. The van der Waals surface area contributed by atoms with Crippen molar-refractivity contribution >= 4 is 38.5 Å². The van der Waals surface area contributed by atoms with Crippen LogP contribution in [-0.2, 0) is 10.0 Å². The number of anilines is 1. The molecule has 1 fully saturated rings. The number of nitrogens with one attached hydrogen (secondary N) is 1. The first-order valence-corrected chi connectivity index (χ1v) is 14.9. The van der Waals surface area contributed by atoms with E-state index in [4.69, 9.17) is 4.42 Å². The van der Waals surface area contributed by atoms with Gasteiger partial charge in [-0.2, -0.15) is 0 Å². The van der Waals surface area contributed by atoms with E-state index in [1.54, 1.807) is 17.0 Å². The van der Waals surface area contributed by atoms with Crippen LogP contribution in [0, 0.1) is 11.6 Å². The molecule has 3 aromatic carbocycles. The Morgan fingerprint density at radius 3 is 2.27 bits per heavy atom. The van der Waals surface area contributed by atoms with Crippen molar-refractivity contribution in [2.24, 2.45) is 0 Å². The maximum atomic E-state index is 13.6. The number of hydrogen-bond donors (Lipinski definition) is 1. The van der Waals surface area contributed by atoms with Crippen LogP contribution in [0.15, 0.2) is 65.1 Å². The maximum Gasteiger partial charge on any atom is 0.255 e. The number of nitrogens with zero attached hydrogens (tertiary/aromatic N) is 2. The fraction of sp³-hybridized carbons (Fsp3) is 0.267. The van der Waals surface area contributed by atoms with Crippen LogP contribution in [0.2, 0.25) is 0 Å². The van der Waals surface area contributed by atoms with Crippen molar-refractivity contribution < 1.29 is 31.2 Å². The van der Waals surface area contributed by atoms with Crippen LogP contribution in [0.5, 0.6) is 0 Å². The molecule has 5 rings (SSSR count). The van der Waals surface area contributed by atoms with Crippen LogP contribution < -0.4 is 9.62 Å². The van der Waals surface area contributed by atoms with Gasteiger partial charge in [-0.15, -0.1) is 0 Å². The first kappa shape index (κ1) is 28.3. The molecular formula is C30H29F2N3O5S. The lowest BCUT2D eigenvalue weighted by atomic mass is 9.87. The second-order valence-electron chi connectivity index (χ2n) is 10.1. The van der Waals surface area contributed by atoms with Gasteiger partial charge in [0.05, 0.1) is 17.5 Å². The smallest absolute Gasteiger partial charge is 0.255 e. The standard InChI is InChI=1S/C30H29F2N3O5S/c1-33-29(36)27-24-15-23(20-5-4-14-35(17-20)30(37)19-8-12-22(32)13-9-19)25(34(2)41(3,38)39)16-26(24)40-28(27)18-6-10-21(31)11-7-18/h6-13,15-16,20H,4-5,14,17H2,1-3H3,(H,33,36). The summed E-state index contributed by atoms with van der Waals surface area (Å²) in [6, 6.07) is 14.2.